The lowest BCUT2D eigenvalue weighted by Gasteiger charge is -2.28. The number of hydrogen-bond acceptors (Lipinski definition) is 4. The van der Waals surface area contributed by atoms with Gasteiger partial charge in [-0.25, -0.2) is 9.78 Å². The summed E-state index contributed by atoms with van der Waals surface area (Å²) in [5.74, 6) is 0.495. The molecule has 20 heavy (non-hydrogen) atoms. The second-order valence-corrected chi connectivity index (χ2v) is 5.90. The van der Waals surface area contributed by atoms with Gasteiger partial charge in [-0.1, -0.05) is 0 Å². The van der Waals surface area contributed by atoms with Crippen LogP contribution in [0.1, 0.15) is 39.2 Å². The molecule has 5 nitrogen and oxygen atoms in total. The zero-order valence-corrected chi connectivity index (χ0v) is 12.2. The van der Waals surface area contributed by atoms with Crippen LogP contribution in [0.2, 0.25) is 0 Å². The maximum atomic E-state index is 12.1. The minimum Gasteiger partial charge on any atom is -0.443 e. The van der Waals surface area contributed by atoms with E-state index in [0.29, 0.717) is 12.4 Å². The summed E-state index contributed by atoms with van der Waals surface area (Å²) in [6.07, 6.45) is 5.11. The van der Waals surface area contributed by atoms with Crippen molar-refractivity contribution in [1.82, 2.24) is 9.88 Å². The van der Waals surface area contributed by atoms with E-state index in [1.807, 2.05) is 33.0 Å². The van der Waals surface area contributed by atoms with E-state index in [-0.39, 0.29) is 6.09 Å². The van der Waals surface area contributed by atoms with Gasteiger partial charge in [0.25, 0.3) is 0 Å². The number of amides is 1. The maximum Gasteiger partial charge on any atom is 0.414 e. The van der Waals surface area contributed by atoms with Gasteiger partial charge in [-0.3, -0.25) is 4.90 Å². The van der Waals surface area contributed by atoms with E-state index in [0.717, 1.165) is 24.0 Å². The van der Waals surface area contributed by atoms with E-state index in [9.17, 15) is 4.79 Å². The molecule has 0 radical (unpaired) electrons. The lowest BCUT2D eigenvalue weighted by Crippen LogP contribution is -2.35. The standard InChI is InChI=1S/C15H21N3O2/c1-15(2,3)20-14(19)18-8-4-5-12(10-18)11-6-7-13(16)17-9-11/h6-7,9-10H,4-5,8H2,1-3H3,(H2,16,17). The number of carbonyl (C=O) groups excluding carboxylic acids is 1. The normalized spacial score (nSPS) is 15.8. The van der Waals surface area contributed by atoms with Crippen LogP contribution in [-0.2, 0) is 4.74 Å². The van der Waals surface area contributed by atoms with E-state index < -0.39 is 5.60 Å². The van der Waals surface area contributed by atoms with Crippen LogP contribution in [0, 0.1) is 0 Å². The second-order valence-electron chi connectivity index (χ2n) is 5.90. The van der Waals surface area contributed by atoms with Crippen molar-refractivity contribution in [1.29, 1.82) is 0 Å². The van der Waals surface area contributed by atoms with Crippen molar-refractivity contribution in [3.05, 3.63) is 30.1 Å². The van der Waals surface area contributed by atoms with Gasteiger partial charge in [-0.15, -0.1) is 0 Å². The van der Waals surface area contributed by atoms with Gasteiger partial charge in [-0.05, 0) is 56.9 Å². The van der Waals surface area contributed by atoms with E-state index in [1.165, 1.54) is 0 Å². The number of aromatic nitrogens is 1. The predicted molar refractivity (Wildman–Crippen MR) is 78.8 cm³/mol. The molecule has 0 bridgehead atoms. The van der Waals surface area contributed by atoms with Gasteiger partial charge in [0, 0.05) is 18.9 Å². The van der Waals surface area contributed by atoms with Crippen LogP contribution in [0.15, 0.2) is 24.5 Å². The lowest BCUT2D eigenvalue weighted by atomic mass is 10.0. The fourth-order valence-corrected chi connectivity index (χ4v) is 2.04. The Labute approximate surface area is 119 Å². The topological polar surface area (TPSA) is 68.5 Å². The van der Waals surface area contributed by atoms with Crippen molar-refractivity contribution in [2.45, 2.75) is 39.2 Å². The van der Waals surface area contributed by atoms with Gasteiger partial charge in [0.05, 0.1) is 0 Å². The summed E-state index contributed by atoms with van der Waals surface area (Å²) in [5.41, 5.74) is 7.18. The summed E-state index contributed by atoms with van der Waals surface area (Å²) >= 11 is 0. The Morgan fingerprint density at radius 3 is 2.75 bits per heavy atom. The zero-order chi connectivity index (χ0) is 14.8. The Balaban J connectivity index is 2.15. The third-order valence-electron chi connectivity index (χ3n) is 2.94. The molecule has 1 aromatic heterocycles. The minimum atomic E-state index is -0.481. The predicted octanol–water partition coefficient (Wildman–Crippen LogP) is 3.04. The quantitative estimate of drug-likeness (QED) is 0.855. The highest BCUT2D eigenvalue weighted by Crippen LogP contribution is 2.25. The summed E-state index contributed by atoms with van der Waals surface area (Å²) in [6.45, 7) is 6.27. The molecule has 0 aliphatic carbocycles. The molecular formula is C15H21N3O2. The number of nitrogens with zero attached hydrogens (tertiary/aromatic N) is 2. The van der Waals surface area contributed by atoms with Crippen molar-refractivity contribution in [3.8, 4) is 0 Å². The molecule has 5 heteroatoms. The summed E-state index contributed by atoms with van der Waals surface area (Å²) < 4.78 is 5.39. The third kappa shape index (κ3) is 3.73. The first-order valence-corrected chi connectivity index (χ1v) is 6.77. The van der Waals surface area contributed by atoms with Gasteiger partial charge in [-0.2, -0.15) is 0 Å². The molecule has 108 valence electrons. The first-order valence-electron chi connectivity index (χ1n) is 6.77. The molecule has 1 aliphatic rings. The van der Waals surface area contributed by atoms with Crippen molar-refractivity contribution in [2.75, 3.05) is 12.3 Å². The third-order valence-corrected chi connectivity index (χ3v) is 2.94. The number of anilines is 1. The van der Waals surface area contributed by atoms with Crippen LogP contribution in [0.4, 0.5) is 10.6 Å². The molecule has 0 saturated heterocycles. The number of rotatable bonds is 1. The molecule has 0 unspecified atom stereocenters. The van der Waals surface area contributed by atoms with Gasteiger partial charge >= 0.3 is 6.09 Å². The summed E-state index contributed by atoms with van der Waals surface area (Å²) in [6, 6.07) is 3.69. The number of allylic oxidation sites excluding steroid dienone is 1. The Morgan fingerprint density at radius 1 is 1.40 bits per heavy atom. The van der Waals surface area contributed by atoms with Gasteiger partial charge < -0.3 is 10.5 Å². The van der Waals surface area contributed by atoms with E-state index in [2.05, 4.69) is 4.98 Å². The van der Waals surface area contributed by atoms with Crippen LogP contribution in [0.25, 0.3) is 5.57 Å². The monoisotopic (exact) mass is 275 g/mol. The Kier molecular flexibility index (Phi) is 3.97. The molecule has 1 aliphatic heterocycles. The van der Waals surface area contributed by atoms with Crippen LogP contribution in [0.5, 0.6) is 0 Å². The molecular weight excluding hydrogens is 254 g/mol. The van der Waals surface area contributed by atoms with Crippen LogP contribution < -0.4 is 5.73 Å². The molecule has 0 atom stereocenters. The van der Waals surface area contributed by atoms with E-state index in [4.69, 9.17) is 10.5 Å². The Hall–Kier alpha value is -2.04. The van der Waals surface area contributed by atoms with Crippen molar-refractivity contribution in [3.63, 3.8) is 0 Å². The smallest absolute Gasteiger partial charge is 0.414 e. The number of ether oxygens (including phenoxy) is 1. The lowest BCUT2D eigenvalue weighted by molar-refractivity contribution is 0.0329. The van der Waals surface area contributed by atoms with Crippen LogP contribution in [0.3, 0.4) is 0 Å². The highest BCUT2D eigenvalue weighted by Gasteiger charge is 2.23. The minimum absolute atomic E-state index is 0.307. The molecule has 0 spiro atoms. The highest BCUT2D eigenvalue weighted by molar-refractivity contribution is 5.75. The first kappa shape index (κ1) is 14.4. The molecule has 0 fully saturated rings. The van der Waals surface area contributed by atoms with Crippen molar-refractivity contribution < 1.29 is 9.53 Å². The molecule has 1 amide bonds. The SMILES string of the molecule is CC(C)(C)OC(=O)N1C=C(c2ccc(N)nc2)CCC1. The number of pyridine rings is 1. The molecule has 0 saturated carbocycles. The molecule has 0 aromatic carbocycles. The molecule has 2 heterocycles. The van der Waals surface area contributed by atoms with E-state index in [1.54, 1.807) is 17.2 Å². The summed E-state index contributed by atoms with van der Waals surface area (Å²) in [5, 5.41) is 0. The van der Waals surface area contributed by atoms with Crippen LogP contribution in [-0.4, -0.2) is 28.1 Å². The zero-order valence-electron chi connectivity index (χ0n) is 12.2. The van der Waals surface area contributed by atoms with Gasteiger partial charge in [0.15, 0.2) is 0 Å². The number of nitrogens with two attached hydrogens (primary N) is 1. The van der Waals surface area contributed by atoms with Crippen LogP contribution >= 0.6 is 0 Å². The Morgan fingerprint density at radius 2 is 2.15 bits per heavy atom. The van der Waals surface area contributed by atoms with Crippen molar-refractivity contribution >= 4 is 17.5 Å². The van der Waals surface area contributed by atoms with Crippen molar-refractivity contribution in [2.24, 2.45) is 0 Å². The second kappa shape index (κ2) is 5.53. The first-order chi connectivity index (χ1) is 9.35. The summed E-state index contributed by atoms with van der Waals surface area (Å²) in [4.78, 5) is 17.8. The van der Waals surface area contributed by atoms with Gasteiger partial charge in [0.1, 0.15) is 11.4 Å². The average molecular weight is 275 g/mol. The fourth-order valence-electron chi connectivity index (χ4n) is 2.04. The average Bonchev–Trinajstić information content (AvgIpc) is 2.38. The molecule has 2 rings (SSSR count). The largest absolute Gasteiger partial charge is 0.443 e. The summed E-state index contributed by atoms with van der Waals surface area (Å²) in [7, 11) is 0. The van der Waals surface area contributed by atoms with Gasteiger partial charge in [0.2, 0.25) is 0 Å². The highest BCUT2D eigenvalue weighted by atomic mass is 16.6. The van der Waals surface area contributed by atoms with E-state index >= 15 is 0 Å². The maximum absolute atomic E-state index is 12.1. The number of nitrogen functional groups attached to an aromatic ring is 1. The fraction of sp³-hybridized carbons (Fsp3) is 0.467. The molecule has 2 N–H and O–H groups in total. The Bertz CT molecular complexity index is 515. The molecule has 1 aromatic rings. The number of hydrogen-bond donors (Lipinski definition) is 1. The number of carbonyl (C=O) groups is 1.